The second-order valence-corrected chi connectivity index (χ2v) is 8.84. The number of halogens is 3. The van der Waals surface area contributed by atoms with Crippen molar-refractivity contribution in [3.05, 3.63) is 82.6 Å². The molecular weight excluding hydrogens is 469 g/mol. The van der Waals surface area contributed by atoms with Crippen LogP contribution in [0.3, 0.4) is 0 Å². The van der Waals surface area contributed by atoms with E-state index in [2.05, 4.69) is 10.5 Å². The number of aromatic nitrogens is 1. The van der Waals surface area contributed by atoms with E-state index in [1.807, 2.05) is 19.1 Å². The number of carboxylic acid groups (broad SMARTS) is 1. The normalized spacial score (nSPS) is 16.3. The van der Waals surface area contributed by atoms with E-state index in [9.17, 15) is 23.1 Å². The van der Waals surface area contributed by atoms with Crippen LogP contribution in [-0.2, 0) is 22.4 Å². The summed E-state index contributed by atoms with van der Waals surface area (Å²) in [5.41, 5.74) is 4.28. The number of benzene rings is 2. The molecule has 2 heterocycles. The van der Waals surface area contributed by atoms with Gasteiger partial charge in [0.1, 0.15) is 23.6 Å². The summed E-state index contributed by atoms with van der Waals surface area (Å²) in [5, 5.41) is 9.88. The van der Waals surface area contributed by atoms with E-state index < -0.39 is 17.7 Å². The number of carboxylic acids is 1. The van der Waals surface area contributed by atoms with Crippen LogP contribution >= 0.6 is 11.3 Å². The third-order valence-corrected chi connectivity index (χ3v) is 6.60. The van der Waals surface area contributed by atoms with Gasteiger partial charge in [-0.1, -0.05) is 24.3 Å². The highest BCUT2D eigenvalue weighted by Crippen LogP contribution is 2.34. The lowest BCUT2D eigenvalue weighted by atomic mass is 9.89. The molecule has 0 spiro atoms. The minimum atomic E-state index is -4.38. The van der Waals surface area contributed by atoms with Crippen molar-refractivity contribution in [2.24, 2.45) is 0 Å². The summed E-state index contributed by atoms with van der Waals surface area (Å²) in [5.74, 6) is -0.606. The van der Waals surface area contributed by atoms with Gasteiger partial charge in [0.25, 0.3) is 0 Å². The molecule has 0 amide bonds. The second kappa shape index (κ2) is 9.86. The molecule has 2 aromatic carbocycles. The number of hydrogen-bond acceptors (Lipinski definition) is 6. The molecule has 178 valence electrons. The maximum Gasteiger partial charge on any atom is 0.416 e. The Balaban J connectivity index is 1.42. The molecule has 3 aromatic rings. The van der Waals surface area contributed by atoms with Gasteiger partial charge in [-0.15, -0.1) is 16.8 Å². The molecule has 0 bridgehead atoms. The molecule has 6 nitrogen and oxygen atoms in total. The molecule has 4 rings (SSSR count). The zero-order valence-electron chi connectivity index (χ0n) is 18.0. The molecule has 2 atom stereocenters. The number of nitrogens with one attached hydrogen (secondary N) is 1. The van der Waals surface area contributed by atoms with Crippen molar-refractivity contribution in [1.29, 1.82) is 0 Å². The van der Waals surface area contributed by atoms with Crippen molar-refractivity contribution >= 4 is 17.3 Å². The van der Waals surface area contributed by atoms with Crippen molar-refractivity contribution < 1.29 is 32.6 Å². The molecule has 1 aliphatic heterocycles. The van der Waals surface area contributed by atoms with E-state index in [-0.39, 0.29) is 25.0 Å². The molecule has 0 fully saturated rings. The van der Waals surface area contributed by atoms with Crippen LogP contribution in [0.1, 0.15) is 34.0 Å². The van der Waals surface area contributed by atoms with Gasteiger partial charge in [-0.25, -0.2) is 4.98 Å². The molecule has 0 aliphatic carbocycles. The largest absolute Gasteiger partial charge is 0.488 e. The molecule has 0 saturated heterocycles. The highest BCUT2D eigenvalue weighted by atomic mass is 32.1. The molecule has 0 radical (unpaired) electrons. The number of ether oxygens (including phenoxy) is 1. The summed E-state index contributed by atoms with van der Waals surface area (Å²) in [6.07, 6.45) is -1.16. The monoisotopic (exact) mass is 490 g/mol. The van der Waals surface area contributed by atoms with Gasteiger partial charge in [0.05, 0.1) is 28.6 Å². The number of hydroxylamine groups is 1. The topological polar surface area (TPSA) is 80.7 Å². The number of rotatable bonds is 8. The van der Waals surface area contributed by atoms with Crippen molar-refractivity contribution in [3.8, 4) is 16.3 Å². The van der Waals surface area contributed by atoms with Crippen LogP contribution < -0.4 is 10.2 Å². The SMILES string of the molecule is Cc1nc(-c2ccc(C(F)(F)F)cc2)sc1COc1ccc([C@H](CC(=O)O)C2C=CON2)cc1. The number of nitrogens with zero attached hydrogens (tertiary/aromatic N) is 1. The Morgan fingerprint density at radius 2 is 1.91 bits per heavy atom. The van der Waals surface area contributed by atoms with Crippen molar-refractivity contribution in [2.75, 3.05) is 0 Å². The summed E-state index contributed by atoms with van der Waals surface area (Å²) in [6.45, 7) is 2.08. The Morgan fingerprint density at radius 1 is 1.21 bits per heavy atom. The Labute approximate surface area is 197 Å². The summed E-state index contributed by atoms with van der Waals surface area (Å²) < 4.78 is 44.2. The zero-order valence-corrected chi connectivity index (χ0v) is 18.8. The lowest BCUT2D eigenvalue weighted by Crippen LogP contribution is -2.29. The Bertz CT molecular complexity index is 1170. The van der Waals surface area contributed by atoms with Gasteiger partial charge in [-0.05, 0) is 42.8 Å². The van der Waals surface area contributed by atoms with E-state index in [1.54, 1.807) is 18.2 Å². The van der Waals surface area contributed by atoms with Gasteiger partial charge in [0.15, 0.2) is 0 Å². The molecular formula is C24H21F3N2O4S. The third kappa shape index (κ3) is 5.57. The van der Waals surface area contributed by atoms with Crippen LogP contribution in [0.2, 0.25) is 0 Å². The van der Waals surface area contributed by atoms with Crippen LogP contribution in [-0.4, -0.2) is 22.1 Å². The number of thiazole rings is 1. The minimum Gasteiger partial charge on any atom is -0.488 e. The fourth-order valence-corrected chi connectivity index (χ4v) is 4.57. The van der Waals surface area contributed by atoms with Gasteiger partial charge in [-0.2, -0.15) is 13.2 Å². The number of aliphatic carboxylic acids is 1. The van der Waals surface area contributed by atoms with Crippen LogP contribution in [0.25, 0.3) is 10.6 Å². The number of alkyl halides is 3. The third-order valence-electron chi connectivity index (χ3n) is 5.42. The maximum atomic E-state index is 12.8. The summed E-state index contributed by atoms with van der Waals surface area (Å²) in [4.78, 5) is 21.6. The van der Waals surface area contributed by atoms with Gasteiger partial charge < -0.3 is 14.7 Å². The molecule has 1 unspecified atom stereocenters. The fourth-order valence-electron chi connectivity index (χ4n) is 3.58. The van der Waals surface area contributed by atoms with Crippen LogP contribution in [0, 0.1) is 6.92 Å². The summed E-state index contributed by atoms with van der Waals surface area (Å²) in [6, 6.07) is 11.9. The first kappa shape index (κ1) is 23.8. The smallest absolute Gasteiger partial charge is 0.416 e. The fraction of sp³-hybridized carbons (Fsp3) is 0.250. The Morgan fingerprint density at radius 3 is 2.50 bits per heavy atom. The standard InChI is InChI=1S/C24H21F3N2O4S/c1-14-21(34-23(28-14)16-2-6-17(7-3-16)24(25,26)27)13-32-18-8-4-15(5-9-18)19(12-22(30)31)20-10-11-33-29-20/h2-11,19-20,29H,12-13H2,1H3,(H,30,31)/t19-,20?/m0/s1. The number of aryl methyl sites for hydroxylation is 1. The highest BCUT2D eigenvalue weighted by Gasteiger charge is 2.30. The van der Waals surface area contributed by atoms with Gasteiger partial charge in [0, 0.05) is 11.5 Å². The highest BCUT2D eigenvalue weighted by molar-refractivity contribution is 7.15. The van der Waals surface area contributed by atoms with Gasteiger partial charge in [-0.3, -0.25) is 4.79 Å². The molecule has 34 heavy (non-hydrogen) atoms. The first-order chi connectivity index (χ1) is 16.2. The first-order valence-corrected chi connectivity index (χ1v) is 11.2. The van der Waals surface area contributed by atoms with Crippen molar-refractivity contribution in [2.45, 2.75) is 38.1 Å². The van der Waals surface area contributed by atoms with Crippen LogP contribution in [0.15, 0.2) is 60.9 Å². The predicted octanol–water partition coefficient (Wildman–Crippen LogP) is 5.69. The molecule has 0 saturated carbocycles. The van der Waals surface area contributed by atoms with Crippen molar-refractivity contribution in [1.82, 2.24) is 10.5 Å². The predicted molar refractivity (Wildman–Crippen MR) is 120 cm³/mol. The number of hydrogen-bond donors (Lipinski definition) is 2. The zero-order chi connectivity index (χ0) is 24.3. The minimum absolute atomic E-state index is 0.0572. The quantitative estimate of drug-likeness (QED) is 0.422. The molecule has 2 N–H and O–H groups in total. The molecule has 1 aromatic heterocycles. The average molecular weight is 491 g/mol. The van der Waals surface area contributed by atoms with Crippen LogP contribution in [0.5, 0.6) is 5.75 Å². The number of carbonyl (C=O) groups is 1. The van der Waals surface area contributed by atoms with E-state index >= 15 is 0 Å². The van der Waals surface area contributed by atoms with E-state index in [0.29, 0.717) is 16.3 Å². The van der Waals surface area contributed by atoms with Gasteiger partial charge >= 0.3 is 12.1 Å². The summed E-state index contributed by atoms with van der Waals surface area (Å²) >= 11 is 1.36. The Kier molecular flexibility index (Phi) is 6.90. The van der Waals surface area contributed by atoms with E-state index in [4.69, 9.17) is 9.57 Å². The average Bonchev–Trinajstić information content (AvgIpc) is 3.46. The molecule has 10 heteroatoms. The maximum absolute atomic E-state index is 12.8. The van der Waals surface area contributed by atoms with E-state index in [0.717, 1.165) is 28.3 Å². The molecule has 1 aliphatic rings. The lowest BCUT2D eigenvalue weighted by molar-refractivity contribution is -0.138. The Hall–Kier alpha value is -3.37. The summed E-state index contributed by atoms with van der Waals surface area (Å²) in [7, 11) is 0. The second-order valence-electron chi connectivity index (χ2n) is 7.75. The first-order valence-electron chi connectivity index (χ1n) is 10.4. The van der Waals surface area contributed by atoms with Crippen molar-refractivity contribution in [3.63, 3.8) is 0 Å². The van der Waals surface area contributed by atoms with Gasteiger partial charge in [0.2, 0.25) is 0 Å². The van der Waals surface area contributed by atoms with Crippen LogP contribution in [0.4, 0.5) is 13.2 Å². The lowest BCUT2D eigenvalue weighted by Gasteiger charge is -2.20. The van der Waals surface area contributed by atoms with E-state index in [1.165, 1.54) is 29.7 Å².